The molecular weight excluding hydrogens is 416 g/mol. The molecule has 0 radical (unpaired) electrons. The summed E-state index contributed by atoms with van der Waals surface area (Å²) < 4.78 is 20.2. The van der Waals surface area contributed by atoms with Gasteiger partial charge in [-0.3, -0.25) is 4.68 Å². The molecule has 0 saturated carbocycles. The molecule has 6 nitrogen and oxygen atoms in total. The number of ether oxygens (including phenoxy) is 1. The van der Waals surface area contributed by atoms with Gasteiger partial charge in [0.25, 0.3) is 0 Å². The van der Waals surface area contributed by atoms with Crippen LogP contribution in [0.2, 0.25) is 5.02 Å². The number of hydrogen-bond acceptors (Lipinski definition) is 5. The molecule has 1 N–H and O–H groups in total. The van der Waals surface area contributed by atoms with Gasteiger partial charge in [0, 0.05) is 18.3 Å². The van der Waals surface area contributed by atoms with E-state index < -0.39 is 0 Å². The van der Waals surface area contributed by atoms with Gasteiger partial charge in [-0.1, -0.05) is 11.6 Å². The van der Waals surface area contributed by atoms with Gasteiger partial charge >= 0.3 is 0 Å². The summed E-state index contributed by atoms with van der Waals surface area (Å²) in [6.45, 7) is 1.89. The van der Waals surface area contributed by atoms with Crippen molar-refractivity contribution in [3.63, 3.8) is 0 Å². The van der Waals surface area contributed by atoms with E-state index in [1.54, 1.807) is 36.1 Å². The van der Waals surface area contributed by atoms with Crippen LogP contribution >= 0.6 is 24.0 Å². The SMILES string of the molecule is COc1ccc(Nc2nc(-c3ccc(F)cc3)nc3c(C)nn(C)c23)cc1Cl.Cl. The first-order valence-electron chi connectivity index (χ1n) is 8.54. The van der Waals surface area contributed by atoms with Crippen LogP contribution in [0.15, 0.2) is 42.5 Å². The topological polar surface area (TPSA) is 64.9 Å². The molecule has 0 unspecified atom stereocenters. The van der Waals surface area contributed by atoms with Crippen molar-refractivity contribution in [3.05, 3.63) is 59.0 Å². The quantitative estimate of drug-likeness (QED) is 0.472. The van der Waals surface area contributed by atoms with Crippen molar-refractivity contribution in [1.82, 2.24) is 19.7 Å². The minimum Gasteiger partial charge on any atom is -0.495 e. The molecule has 0 aliphatic rings. The standard InChI is InChI=1S/C20H17ClFN5O.ClH/c1-11-17-18(27(2)26-11)20(23-14-8-9-16(28-3)15(21)10-14)25-19(24-17)12-4-6-13(22)7-5-12;/h4-10H,1-3H3,(H,23,24,25);1H. The van der Waals surface area contributed by atoms with Crippen LogP contribution in [0.3, 0.4) is 0 Å². The van der Waals surface area contributed by atoms with Crippen LogP contribution in [0.1, 0.15) is 5.69 Å². The molecule has 2 heterocycles. The van der Waals surface area contributed by atoms with Gasteiger partial charge < -0.3 is 10.1 Å². The number of halogens is 3. The summed E-state index contributed by atoms with van der Waals surface area (Å²) in [7, 11) is 3.40. The molecule has 29 heavy (non-hydrogen) atoms. The van der Waals surface area contributed by atoms with E-state index in [9.17, 15) is 4.39 Å². The Morgan fingerprint density at radius 2 is 1.83 bits per heavy atom. The van der Waals surface area contributed by atoms with Crippen molar-refractivity contribution < 1.29 is 9.13 Å². The number of methoxy groups -OCH3 is 1. The second-order valence-corrected chi connectivity index (χ2v) is 6.69. The maximum absolute atomic E-state index is 13.3. The average molecular weight is 434 g/mol. The Morgan fingerprint density at radius 1 is 1.10 bits per heavy atom. The van der Waals surface area contributed by atoms with Gasteiger partial charge in [0.15, 0.2) is 11.6 Å². The fraction of sp³-hybridized carbons (Fsp3) is 0.150. The molecule has 0 fully saturated rings. The fourth-order valence-electron chi connectivity index (χ4n) is 3.03. The van der Waals surface area contributed by atoms with Crippen LogP contribution in [0, 0.1) is 12.7 Å². The first-order chi connectivity index (χ1) is 13.5. The normalized spacial score (nSPS) is 10.7. The molecule has 4 aromatic rings. The van der Waals surface area contributed by atoms with Crippen LogP contribution in [0.4, 0.5) is 15.9 Å². The molecule has 0 aliphatic carbocycles. The zero-order valence-corrected chi connectivity index (χ0v) is 17.5. The highest BCUT2D eigenvalue weighted by atomic mass is 35.5. The maximum atomic E-state index is 13.3. The van der Waals surface area contributed by atoms with Crippen molar-refractivity contribution in [2.45, 2.75) is 6.92 Å². The number of nitrogens with zero attached hydrogens (tertiary/aromatic N) is 4. The Balaban J connectivity index is 0.00000240. The monoisotopic (exact) mass is 433 g/mol. The van der Waals surface area contributed by atoms with Crippen LogP contribution in [0.25, 0.3) is 22.4 Å². The van der Waals surface area contributed by atoms with E-state index >= 15 is 0 Å². The zero-order chi connectivity index (χ0) is 19.8. The summed E-state index contributed by atoms with van der Waals surface area (Å²) in [5, 5.41) is 8.23. The van der Waals surface area contributed by atoms with Crippen molar-refractivity contribution in [2.75, 3.05) is 12.4 Å². The third-order valence-corrected chi connectivity index (χ3v) is 4.66. The van der Waals surface area contributed by atoms with Crippen molar-refractivity contribution in [3.8, 4) is 17.1 Å². The molecule has 0 bridgehead atoms. The second kappa shape index (κ2) is 8.23. The van der Waals surface area contributed by atoms with E-state index in [4.69, 9.17) is 16.3 Å². The van der Waals surface area contributed by atoms with Gasteiger partial charge in [0.05, 0.1) is 17.8 Å². The zero-order valence-electron chi connectivity index (χ0n) is 15.9. The minimum atomic E-state index is -0.311. The van der Waals surface area contributed by atoms with Crippen LogP contribution in [-0.4, -0.2) is 26.9 Å². The van der Waals surface area contributed by atoms with E-state index in [1.807, 2.05) is 20.0 Å². The van der Waals surface area contributed by atoms with Crippen molar-refractivity contribution in [1.29, 1.82) is 0 Å². The highest BCUT2D eigenvalue weighted by Gasteiger charge is 2.16. The molecule has 0 aliphatic heterocycles. The largest absolute Gasteiger partial charge is 0.495 e. The van der Waals surface area contributed by atoms with E-state index in [0.717, 1.165) is 22.4 Å². The first-order valence-corrected chi connectivity index (χ1v) is 8.92. The number of anilines is 2. The highest BCUT2D eigenvalue weighted by Crippen LogP contribution is 2.32. The summed E-state index contributed by atoms with van der Waals surface area (Å²) in [6, 6.07) is 11.4. The number of hydrogen-bond donors (Lipinski definition) is 1. The molecule has 0 atom stereocenters. The average Bonchev–Trinajstić information content (AvgIpc) is 2.96. The maximum Gasteiger partial charge on any atom is 0.162 e. The summed E-state index contributed by atoms with van der Waals surface area (Å²) in [5.74, 6) is 1.33. The van der Waals surface area contributed by atoms with Gasteiger partial charge in [-0.25, -0.2) is 14.4 Å². The Labute approximate surface area is 178 Å². The van der Waals surface area contributed by atoms with Gasteiger partial charge in [-0.2, -0.15) is 5.10 Å². The number of aromatic nitrogens is 4. The number of nitrogens with one attached hydrogen (secondary N) is 1. The van der Waals surface area contributed by atoms with Crippen molar-refractivity contribution >= 4 is 46.5 Å². The second-order valence-electron chi connectivity index (χ2n) is 6.28. The van der Waals surface area contributed by atoms with Gasteiger partial charge in [-0.05, 0) is 49.4 Å². The lowest BCUT2D eigenvalue weighted by molar-refractivity contribution is 0.415. The molecule has 150 valence electrons. The molecule has 2 aromatic carbocycles. The van der Waals surface area contributed by atoms with Gasteiger partial charge in [0.1, 0.15) is 22.6 Å². The Bertz CT molecular complexity index is 1180. The van der Waals surface area contributed by atoms with Crippen molar-refractivity contribution in [2.24, 2.45) is 7.05 Å². The summed E-state index contributed by atoms with van der Waals surface area (Å²) in [6.07, 6.45) is 0. The molecule has 0 amide bonds. The molecule has 0 saturated heterocycles. The lowest BCUT2D eigenvalue weighted by Crippen LogP contribution is -2.02. The lowest BCUT2D eigenvalue weighted by atomic mass is 10.2. The number of fused-ring (bicyclic) bond motifs is 1. The Hall–Kier alpha value is -2.90. The lowest BCUT2D eigenvalue weighted by Gasteiger charge is -2.11. The van der Waals surface area contributed by atoms with E-state index in [1.165, 1.54) is 12.1 Å². The van der Waals surface area contributed by atoms with Crippen LogP contribution < -0.4 is 10.1 Å². The summed E-state index contributed by atoms with van der Waals surface area (Å²) in [5.41, 5.74) is 3.71. The first kappa shape index (κ1) is 20.8. The summed E-state index contributed by atoms with van der Waals surface area (Å²) in [4.78, 5) is 9.30. The smallest absolute Gasteiger partial charge is 0.162 e. The summed E-state index contributed by atoms with van der Waals surface area (Å²) >= 11 is 6.24. The fourth-order valence-corrected chi connectivity index (χ4v) is 3.29. The van der Waals surface area contributed by atoms with E-state index in [2.05, 4.69) is 20.4 Å². The van der Waals surface area contributed by atoms with E-state index in [-0.39, 0.29) is 18.2 Å². The van der Waals surface area contributed by atoms with Gasteiger partial charge in [0.2, 0.25) is 0 Å². The number of aryl methyl sites for hydroxylation is 2. The number of benzene rings is 2. The number of rotatable bonds is 4. The third-order valence-electron chi connectivity index (χ3n) is 4.37. The molecule has 2 aromatic heterocycles. The van der Waals surface area contributed by atoms with Gasteiger partial charge in [-0.15, -0.1) is 12.4 Å². The Kier molecular flexibility index (Phi) is 5.91. The molecule has 0 spiro atoms. The molecule has 9 heteroatoms. The Morgan fingerprint density at radius 3 is 2.48 bits per heavy atom. The molecule has 4 rings (SSSR count). The van der Waals surface area contributed by atoms with E-state index in [0.29, 0.717) is 28.0 Å². The van der Waals surface area contributed by atoms with Crippen LogP contribution in [-0.2, 0) is 7.05 Å². The minimum absolute atomic E-state index is 0. The van der Waals surface area contributed by atoms with Crippen LogP contribution in [0.5, 0.6) is 5.75 Å². The predicted molar refractivity (Wildman–Crippen MR) is 115 cm³/mol. The molecular formula is C20H18Cl2FN5O. The predicted octanol–water partition coefficient (Wildman–Crippen LogP) is 5.31. The third kappa shape index (κ3) is 3.97. The highest BCUT2D eigenvalue weighted by molar-refractivity contribution is 6.32.